The number of alkyl halides is 2. The maximum absolute atomic E-state index is 12.4. The Morgan fingerprint density at radius 3 is 2.00 bits per heavy atom. The summed E-state index contributed by atoms with van der Waals surface area (Å²) in [4.78, 5) is -0.764. The highest BCUT2D eigenvalue weighted by Crippen LogP contribution is 2.24. The maximum atomic E-state index is 12.4. The molecule has 1 aliphatic rings. The van der Waals surface area contributed by atoms with E-state index in [2.05, 4.69) is 0 Å². The molecule has 0 spiro atoms. The summed E-state index contributed by atoms with van der Waals surface area (Å²) in [5.41, 5.74) is 5.65. The van der Waals surface area contributed by atoms with Gasteiger partial charge in [0.05, 0.1) is 9.79 Å². The number of halogens is 3. The first kappa shape index (κ1) is 19.2. The van der Waals surface area contributed by atoms with E-state index in [-0.39, 0.29) is 36.4 Å². The molecule has 6 nitrogen and oxygen atoms in total. The van der Waals surface area contributed by atoms with Crippen molar-refractivity contribution < 1.29 is 25.6 Å². The first-order valence-electron chi connectivity index (χ1n) is 6.03. The van der Waals surface area contributed by atoms with Crippen molar-refractivity contribution in [3.05, 3.63) is 24.3 Å². The van der Waals surface area contributed by atoms with Gasteiger partial charge < -0.3 is 5.73 Å². The number of nitrogens with two attached hydrogens (primary N) is 1. The second kappa shape index (κ2) is 6.75. The molecule has 126 valence electrons. The number of nitrogens with zero attached hydrogens (tertiary/aromatic N) is 1. The van der Waals surface area contributed by atoms with Crippen LogP contribution in [0.5, 0.6) is 0 Å². The fraction of sp³-hybridized carbons (Fsp3) is 0.455. The quantitative estimate of drug-likeness (QED) is 0.839. The van der Waals surface area contributed by atoms with Crippen molar-refractivity contribution in [1.29, 1.82) is 0 Å². The lowest BCUT2D eigenvalue weighted by Gasteiger charge is -2.16. The van der Waals surface area contributed by atoms with Crippen LogP contribution in [-0.2, 0) is 19.9 Å². The van der Waals surface area contributed by atoms with Gasteiger partial charge in [-0.25, -0.2) is 16.8 Å². The van der Waals surface area contributed by atoms with E-state index < -0.39 is 30.5 Å². The molecule has 0 aromatic heterocycles. The summed E-state index contributed by atoms with van der Waals surface area (Å²) in [7, 11) is -8.51. The molecule has 0 radical (unpaired) electrons. The van der Waals surface area contributed by atoms with Crippen molar-refractivity contribution in [1.82, 2.24) is 4.31 Å². The van der Waals surface area contributed by atoms with Crippen LogP contribution >= 0.6 is 12.4 Å². The maximum Gasteiger partial charge on any atom is 0.341 e. The van der Waals surface area contributed by atoms with Crippen LogP contribution in [0, 0.1) is 0 Å². The zero-order valence-electron chi connectivity index (χ0n) is 11.2. The van der Waals surface area contributed by atoms with Gasteiger partial charge in [0.2, 0.25) is 19.9 Å². The van der Waals surface area contributed by atoms with Crippen molar-refractivity contribution in [3.8, 4) is 0 Å². The van der Waals surface area contributed by atoms with E-state index in [1.807, 2.05) is 0 Å². The third-order valence-corrected chi connectivity index (χ3v) is 6.49. The molecule has 0 aliphatic carbocycles. The van der Waals surface area contributed by atoms with E-state index >= 15 is 0 Å². The first-order valence-corrected chi connectivity index (χ1v) is 9.02. The van der Waals surface area contributed by atoms with Crippen molar-refractivity contribution in [3.63, 3.8) is 0 Å². The second-order valence-corrected chi connectivity index (χ2v) is 8.54. The van der Waals surface area contributed by atoms with E-state index in [1.54, 1.807) is 0 Å². The number of hydrogen-bond donors (Lipinski definition) is 1. The monoisotopic (exact) mass is 376 g/mol. The van der Waals surface area contributed by atoms with Gasteiger partial charge in [-0.2, -0.15) is 13.1 Å². The molecule has 1 atom stereocenters. The van der Waals surface area contributed by atoms with Gasteiger partial charge in [-0.05, 0) is 30.7 Å². The molecule has 0 unspecified atom stereocenters. The predicted octanol–water partition coefficient (Wildman–Crippen LogP) is 0.826. The summed E-state index contributed by atoms with van der Waals surface area (Å²) >= 11 is 0. The molecule has 11 heteroatoms. The average Bonchev–Trinajstić information content (AvgIpc) is 2.86. The summed E-state index contributed by atoms with van der Waals surface area (Å²) in [5.74, 6) is -3.54. The second-order valence-electron chi connectivity index (χ2n) is 4.69. The number of benzene rings is 1. The third kappa shape index (κ3) is 3.57. The number of rotatable bonds is 4. The number of hydrogen-bond acceptors (Lipinski definition) is 5. The third-order valence-electron chi connectivity index (χ3n) is 3.21. The molecule has 2 rings (SSSR count). The molecule has 22 heavy (non-hydrogen) atoms. The van der Waals surface area contributed by atoms with Crippen molar-refractivity contribution in [2.24, 2.45) is 5.73 Å². The molecule has 0 saturated carbocycles. The highest BCUT2D eigenvalue weighted by atomic mass is 35.5. The highest BCUT2D eigenvalue weighted by molar-refractivity contribution is 7.91. The zero-order valence-corrected chi connectivity index (χ0v) is 13.7. The van der Waals surface area contributed by atoms with E-state index in [4.69, 9.17) is 5.73 Å². The topological polar surface area (TPSA) is 97.5 Å². The Hall–Kier alpha value is -0.810. The van der Waals surface area contributed by atoms with Crippen molar-refractivity contribution in [2.75, 3.05) is 13.1 Å². The molecule has 0 amide bonds. The lowest BCUT2D eigenvalue weighted by atomic mass is 10.3. The molecule has 1 saturated heterocycles. The Labute approximate surface area is 133 Å². The fourth-order valence-electron chi connectivity index (χ4n) is 2.03. The summed E-state index contributed by atoms with van der Waals surface area (Å²) in [5, 5.41) is 0. The zero-order chi connectivity index (χ0) is 15.8. The van der Waals surface area contributed by atoms with Gasteiger partial charge in [-0.1, -0.05) is 0 Å². The molecule has 1 aliphatic heterocycles. The Kier molecular flexibility index (Phi) is 5.90. The molecule has 2 N–H and O–H groups in total. The van der Waals surface area contributed by atoms with Crippen LogP contribution in [0.4, 0.5) is 8.78 Å². The van der Waals surface area contributed by atoms with Gasteiger partial charge in [-0.15, -0.1) is 12.4 Å². The molecular weight excluding hydrogens is 362 g/mol. The van der Waals surface area contributed by atoms with Crippen LogP contribution in [-0.4, -0.2) is 46.0 Å². The Morgan fingerprint density at radius 1 is 1.09 bits per heavy atom. The Balaban J connectivity index is 0.00000242. The molecular formula is C11H15ClF2N2O4S2. The van der Waals surface area contributed by atoms with E-state index in [0.29, 0.717) is 6.42 Å². The number of sulfone groups is 1. The summed E-state index contributed by atoms with van der Waals surface area (Å²) in [6.45, 7) is 0.458. The fourth-order valence-corrected chi connectivity index (χ4v) is 4.26. The normalized spacial score (nSPS) is 20.1. The van der Waals surface area contributed by atoms with Gasteiger partial charge in [-0.3, -0.25) is 0 Å². The summed E-state index contributed by atoms with van der Waals surface area (Å²) in [6.07, 6.45) is 0.539. The van der Waals surface area contributed by atoms with Gasteiger partial charge in [0.1, 0.15) is 0 Å². The lowest BCUT2D eigenvalue weighted by Crippen LogP contribution is -2.32. The average molecular weight is 377 g/mol. The molecule has 1 aromatic rings. The molecule has 1 fully saturated rings. The van der Waals surface area contributed by atoms with Crippen molar-refractivity contribution in [2.45, 2.75) is 28.0 Å². The molecule has 1 aromatic carbocycles. The largest absolute Gasteiger partial charge is 0.341 e. The minimum atomic E-state index is -4.73. The SMILES string of the molecule is Cl.N[C@@H]1CCN(S(=O)(=O)c2ccc(S(=O)(=O)C(F)F)cc2)C1. The standard InChI is InChI=1S/C11H14F2N2O4S2.ClH/c12-11(13)20(16,17)9-1-3-10(4-2-9)21(18,19)15-6-5-8(14)7-15;/h1-4,8,11H,5-7,14H2;1H/t8-;/m1./s1. The minimum Gasteiger partial charge on any atom is -0.326 e. The Bertz CT molecular complexity index is 723. The van der Waals surface area contributed by atoms with Crippen LogP contribution in [0.25, 0.3) is 0 Å². The van der Waals surface area contributed by atoms with Crippen LogP contribution in [0.3, 0.4) is 0 Å². The smallest absolute Gasteiger partial charge is 0.326 e. The predicted molar refractivity (Wildman–Crippen MR) is 78.2 cm³/mol. The Morgan fingerprint density at radius 2 is 1.59 bits per heavy atom. The van der Waals surface area contributed by atoms with E-state index in [9.17, 15) is 25.6 Å². The van der Waals surface area contributed by atoms with Crippen LogP contribution in [0.2, 0.25) is 0 Å². The summed E-state index contributed by atoms with van der Waals surface area (Å²) < 4.78 is 73.0. The summed E-state index contributed by atoms with van der Waals surface area (Å²) in [6, 6.07) is 3.51. The van der Waals surface area contributed by atoms with Gasteiger partial charge in [0, 0.05) is 19.1 Å². The molecule has 1 heterocycles. The van der Waals surface area contributed by atoms with E-state index in [0.717, 1.165) is 24.3 Å². The van der Waals surface area contributed by atoms with E-state index in [1.165, 1.54) is 4.31 Å². The van der Waals surface area contributed by atoms with Crippen LogP contribution in [0.15, 0.2) is 34.1 Å². The van der Waals surface area contributed by atoms with Crippen LogP contribution < -0.4 is 5.73 Å². The minimum absolute atomic E-state index is 0. The van der Waals surface area contributed by atoms with Gasteiger partial charge >= 0.3 is 5.76 Å². The van der Waals surface area contributed by atoms with Gasteiger partial charge in [0.25, 0.3) is 0 Å². The first-order chi connectivity index (χ1) is 9.65. The highest BCUT2D eigenvalue weighted by Gasteiger charge is 2.32. The van der Waals surface area contributed by atoms with Gasteiger partial charge in [0.15, 0.2) is 0 Å². The van der Waals surface area contributed by atoms with Crippen LogP contribution in [0.1, 0.15) is 6.42 Å². The lowest BCUT2D eigenvalue weighted by molar-refractivity contribution is 0.234. The molecule has 0 bridgehead atoms. The van der Waals surface area contributed by atoms with Crippen molar-refractivity contribution >= 4 is 32.3 Å². The number of sulfonamides is 1.